The van der Waals surface area contributed by atoms with E-state index in [9.17, 15) is 4.79 Å². The Balaban J connectivity index is 2.01. The van der Waals surface area contributed by atoms with Gasteiger partial charge in [-0.05, 0) is 23.5 Å². The third kappa shape index (κ3) is 3.26. The zero-order valence-corrected chi connectivity index (χ0v) is 11.6. The molecule has 0 bridgehead atoms. The molecule has 4 heteroatoms. The Morgan fingerprint density at radius 1 is 1.37 bits per heavy atom. The lowest BCUT2D eigenvalue weighted by Gasteiger charge is -2.14. The van der Waals surface area contributed by atoms with Crippen LogP contribution in [0.4, 0.5) is 4.79 Å². The first-order chi connectivity index (χ1) is 9.11. The van der Waals surface area contributed by atoms with E-state index in [1.54, 1.807) is 4.90 Å². The monoisotopic (exact) mass is 262 g/mol. The second-order valence-corrected chi connectivity index (χ2v) is 5.35. The number of rotatable bonds is 5. The average Bonchev–Trinajstić information content (AvgIpc) is 2.78. The molecule has 19 heavy (non-hydrogen) atoms. The molecule has 104 valence electrons. The van der Waals surface area contributed by atoms with Crippen molar-refractivity contribution in [3.63, 3.8) is 0 Å². The molecule has 1 aromatic rings. The normalized spacial score (nSPS) is 19.1. The molecule has 2 N–H and O–H groups in total. The Kier molecular flexibility index (Phi) is 4.43. The maximum atomic E-state index is 11.8. The number of aliphatic hydroxyl groups excluding tert-OH is 1. The summed E-state index contributed by atoms with van der Waals surface area (Å²) >= 11 is 0. The van der Waals surface area contributed by atoms with E-state index in [-0.39, 0.29) is 18.7 Å². The molecule has 1 atom stereocenters. The van der Waals surface area contributed by atoms with Gasteiger partial charge in [0.25, 0.3) is 0 Å². The number of benzene rings is 1. The van der Waals surface area contributed by atoms with Crippen molar-refractivity contribution < 1.29 is 9.90 Å². The molecular formula is C15H22N2O2. The molecule has 1 heterocycles. The van der Waals surface area contributed by atoms with Crippen LogP contribution in [0.15, 0.2) is 24.3 Å². The van der Waals surface area contributed by atoms with Gasteiger partial charge in [-0.25, -0.2) is 4.79 Å². The first-order valence-electron chi connectivity index (χ1n) is 6.88. The number of aliphatic hydroxyl groups is 1. The number of nitrogens with zero attached hydrogens (tertiary/aromatic N) is 1. The van der Waals surface area contributed by atoms with Crippen molar-refractivity contribution in [1.82, 2.24) is 10.2 Å². The average molecular weight is 262 g/mol. The van der Waals surface area contributed by atoms with Gasteiger partial charge in [-0.3, -0.25) is 0 Å². The molecular weight excluding hydrogens is 240 g/mol. The summed E-state index contributed by atoms with van der Waals surface area (Å²) in [6, 6.07) is 8.47. The number of carbonyl (C=O) groups is 1. The lowest BCUT2D eigenvalue weighted by Crippen LogP contribution is -2.29. The second-order valence-electron chi connectivity index (χ2n) is 5.35. The number of nitrogens with one attached hydrogen (secondary N) is 1. The van der Waals surface area contributed by atoms with Gasteiger partial charge < -0.3 is 15.3 Å². The maximum absolute atomic E-state index is 11.8. The van der Waals surface area contributed by atoms with Crippen LogP contribution in [0, 0.1) is 0 Å². The van der Waals surface area contributed by atoms with Crippen molar-refractivity contribution in [2.75, 3.05) is 19.7 Å². The van der Waals surface area contributed by atoms with E-state index in [4.69, 9.17) is 5.11 Å². The minimum absolute atomic E-state index is 0.0358. The van der Waals surface area contributed by atoms with Crippen LogP contribution in [0.25, 0.3) is 0 Å². The van der Waals surface area contributed by atoms with E-state index in [1.807, 2.05) is 0 Å². The predicted octanol–water partition coefficient (Wildman–Crippen LogP) is 2.26. The molecule has 2 rings (SSSR count). The van der Waals surface area contributed by atoms with Crippen LogP contribution in [0.5, 0.6) is 0 Å². The van der Waals surface area contributed by atoms with Crippen LogP contribution in [0.2, 0.25) is 0 Å². The molecule has 4 nitrogen and oxygen atoms in total. The molecule has 1 saturated heterocycles. The van der Waals surface area contributed by atoms with E-state index >= 15 is 0 Å². The van der Waals surface area contributed by atoms with Crippen molar-refractivity contribution in [3.05, 3.63) is 35.4 Å². The molecule has 0 radical (unpaired) electrons. The van der Waals surface area contributed by atoms with Gasteiger partial charge in [-0.15, -0.1) is 0 Å². The molecule has 2 amide bonds. The molecule has 1 aliphatic rings. The van der Waals surface area contributed by atoms with E-state index in [2.05, 4.69) is 43.4 Å². The quantitative estimate of drug-likeness (QED) is 0.855. The van der Waals surface area contributed by atoms with E-state index < -0.39 is 0 Å². The molecule has 0 aliphatic carbocycles. The number of urea groups is 1. The molecule has 1 aromatic carbocycles. The van der Waals surface area contributed by atoms with Gasteiger partial charge in [-0.2, -0.15) is 0 Å². The van der Waals surface area contributed by atoms with Gasteiger partial charge >= 0.3 is 6.03 Å². The summed E-state index contributed by atoms with van der Waals surface area (Å²) in [6.45, 7) is 5.76. The largest absolute Gasteiger partial charge is 0.396 e. The van der Waals surface area contributed by atoms with E-state index in [1.165, 1.54) is 5.56 Å². The van der Waals surface area contributed by atoms with Crippen molar-refractivity contribution in [1.29, 1.82) is 0 Å². The molecule has 1 fully saturated rings. The summed E-state index contributed by atoms with van der Waals surface area (Å²) in [7, 11) is 0. The highest BCUT2D eigenvalue weighted by molar-refractivity contribution is 5.77. The number of hydrogen-bond acceptors (Lipinski definition) is 2. The fraction of sp³-hybridized carbons (Fsp3) is 0.533. The zero-order chi connectivity index (χ0) is 13.8. The lowest BCUT2D eigenvalue weighted by molar-refractivity contribution is 0.209. The van der Waals surface area contributed by atoms with Gasteiger partial charge in [0.15, 0.2) is 0 Å². The minimum atomic E-state index is -0.0358. The Hall–Kier alpha value is -1.55. The molecule has 1 unspecified atom stereocenters. The zero-order valence-electron chi connectivity index (χ0n) is 11.6. The summed E-state index contributed by atoms with van der Waals surface area (Å²) in [5, 5.41) is 11.8. The van der Waals surface area contributed by atoms with Crippen LogP contribution in [-0.4, -0.2) is 35.7 Å². The highest BCUT2D eigenvalue weighted by Crippen LogP contribution is 2.22. The van der Waals surface area contributed by atoms with Gasteiger partial charge in [0.05, 0.1) is 6.04 Å². The van der Waals surface area contributed by atoms with Crippen molar-refractivity contribution in [3.8, 4) is 0 Å². The lowest BCUT2D eigenvalue weighted by atomic mass is 9.99. The smallest absolute Gasteiger partial charge is 0.318 e. The topological polar surface area (TPSA) is 52.6 Å². The van der Waals surface area contributed by atoms with Crippen LogP contribution in [0.1, 0.15) is 43.4 Å². The standard InChI is InChI=1S/C15H22N2O2/c1-11(2)12-4-6-13(7-5-12)14-10-17(8-3-9-18)15(19)16-14/h4-7,11,14,18H,3,8-10H2,1-2H3,(H,16,19). The minimum Gasteiger partial charge on any atom is -0.396 e. The summed E-state index contributed by atoms with van der Waals surface area (Å²) in [4.78, 5) is 13.5. The molecule has 0 spiro atoms. The number of amides is 2. The van der Waals surface area contributed by atoms with Crippen LogP contribution < -0.4 is 5.32 Å². The summed E-state index contributed by atoms with van der Waals surface area (Å²) in [5.74, 6) is 0.522. The van der Waals surface area contributed by atoms with E-state index in [0.717, 1.165) is 5.56 Å². The summed E-state index contributed by atoms with van der Waals surface area (Å²) in [5.41, 5.74) is 2.45. The predicted molar refractivity (Wildman–Crippen MR) is 75.1 cm³/mol. The van der Waals surface area contributed by atoms with Gasteiger partial charge in [0.1, 0.15) is 0 Å². The SMILES string of the molecule is CC(C)c1ccc(C2CN(CCCO)C(=O)N2)cc1. The fourth-order valence-corrected chi connectivity index (χ4v) is 2.35. The Labute approximate surface area is 114 Å². The summed E-state index contributed by atoms with van der Waals surface area (Å²) in [6.07, 6.45) is 0.631. The molecule has 1 aliphatic heterocycles. The van der Waals surface area contributed by atoms with Gasteiger partial charge in [0, 0.05) is 19.7 Å². The van der Waals surface area contributed by atoms with E-state index in [0.29, 0.717) is 25.4 Å². The van der Waals surface area contributed by atoms with Gasteiger partial charge in [0.2, 0.25) is 0 Å². The molecule has 0 saturated carbocycles. The Bertz CT molecular complexity index is 428. The second kappa shape index (κ2) is 6.06. The third-order valence-corrected chi connectivity index (χ3v) is 3.58. The number of carbonyl (C=O) groups excluding carboxylic acids is 1. The van der Waals surface area contributed by atoms with Crippen molar-refractivity contribution >= 4 is 6.03 Å². The maximum Gasteiger partial charge on any atom is 0.318 e. The summed E-state index contributed by atoms with van der Waals surface area (Å²) < 4.78 is 0. The Morgan fingerprint density at radius 3 is 2.63 bits per heavy atom. The van der Waals surface area contributed by atoms with Crippen LogP contribution in [-0.2, 0) is 0 Å². The number of hydrogen-bond donors (Lipinski definition) is 2. The first-order valence-corrected chi connectivity index (χ1v) is 6.88. The molecule has 0 aromatic heterocycles. The third-order valence-electron chi connectivity index (χ3n) is 3.58. The van der Waals surface area contributed by atoms with Crippen LogP contribution >= 0.6 is 0 Å². The fourth-order valence-electron chi connectivity index (χ4n) is 2.35. The first kappa shape index (κ1) is 13.9. The highest BCUT2D eigenvalue weighted by atomic mass is 16.3. The van der Waals surface area contributed by atoms with Crippen LogP contribution in [0.3, 0.4) is 0 Å². The van der Waals surface area contributed by atoms with Gasteiger partial charge in [-0.1, -0.05) is 38.1 Å². The Morgan fingerprint density at radius 2 is 2.05 bits per heavy atom. The van der Waals surface area contributed by atoms with Crippen molar-refractivity contribution in [2.24, 2.45) is 0 Å². The van der Waals surface area contributed by atoms with Crippen molar-refractivity contribution in [2.45, 2.75) is 32.2 Å². The highest BCUT2D eigenvalue weighted by Gasteiger charge is 2.28.